The quantitative estimate of drug-likeness (QED) is 0.567. The Kier molecular flexibility index (Phi) is 2.54. The van der Waals surface area contributed by atoms with Crippen LogP contribution in [0.15, 0.2) is 45.4 Å². The molecule has 76 valence electrons. The van der Waals surface area contributed by atoms with Crippen LogP contribution in [-0.4, -0.2) is 5.78 Å². The highest BCUT2D eigenvalue weighted by Crippen LogP contribution is 2.09. The summed E-state index contributed by atoms with van der Waals surface area (Å²) in [4.78, 5) is 11.5. The Hall–Kier alpha value is -2.03. The molecule has 2 rings (SSSR count). The lowest BCUT2D eigenvalue weighted by atomic mass is 10.2. The molecule has 0 bridgehead atoms. The Bertz CT molecular complexity index is 475. The molecule has 0 aromatic carbocycles. The van der Waals surface area contributed by atoms with Crippen molar-refractivity contribution in [1.29, 1.82) is 0 Å². The summed E-state index contributed by atoms with van der Waals surface area (Å²) in [7, 11) is 0. The molecule has 2 heterocycles. The van der Waals surface area contributed by atoms with Crippen LogP contribution in [0, 0.1) is 6.92 Å². The topological polar surface area (TPSA) is 43.4 Å². The van der Waals surface area contributed by atoms with E-state index in [1.807, 2.05) is 13.0 Å². The van der Waals surface area contributed by atoms with Gasteiger partial charge in [0.2, 0.25) is 5.78 Å². The summed E-state index contributed by atoms with van der Waals surface area (Å²) < 4.78 is 10.2. The van der Waals surface area contributed by atoms with Crippen LogP contribution in [0.5, 0.6) is 0 Å². The minimum Gasteiger partial charge on any atom is -0.462 e. The maximum Gasteiger partial charge on any atom is 0.221 e. The fourth-order valence-corrected chi connectivity index (χ4v) is 1.20. The smallest absolute Gasteiger partial charge is 0.221 e. The first-order chi connectivity index (χ1) is 7.25. The second-order valence-electron chi connectivity index (χ2n) is 3.12. The standard InChI is InChI=1S/C12H10O3/c1-9-4-5-10(15-9)6-7-11(13)12-3-2-8-14-12/h2-8H,1H3/b7-6+. The average Bonchev–Trinajstić information content (AvgIpc) is 2.84. The number of ketones is 1. The monoisotopic (exact) mass is 202 g/mol. The molecule has 0 atom stereocenters. The van der Waals surface area contributed by atoms with Crippen molar-refractivity contribution in [3.8, 4) is 0 Å². The summed E-state index contributed by atoms with van der Waals surface area (Å²) in [5, 5.41) is 0. The lowest BCUT2D eigenvalue weighted by Gasteiger charge is -1.87. The number of carbonyl (C=O) groups excluding carboxylic acids is 1. The van der Waals surface area contributed by atoms with Crippen LogP contribution in [0.25, 0.3) is 6.08 Å². The minimum atomic E-state index is -0.172. The van der Waals surface area contributed by atoms with Crippen LogP contribution in [0.2, 0.25) is 0 Å². The van der Waals surface area contributed by atoms with Crippen LogP contribution >= 0.6 is 0 Å². The molecule has 0 saturated heterocycles. The Labute approximate surface area is 87.0 Å². The number of hydrogen-bond acceptors (Lipinski definition) is 3. The molecule has 0 saturated carbocycles. The Morgan fingerprint density at radius 2 is 2.20 bits per heavy atom. The predicted octanol–water partition coefficient (Wildman–Crippen LogP) is 3.08. The number of rotatable bonds is 3. The zero-order valence-corrected chi connectivity index (χ0v) is 8.27. The van der Waals surface area contributed by atoms with Crippen LogP contribution in [0.3, 0.4) is 0 Å². The third kappa shape index (κ3) is 2.26. The van der Waals surface area contributed by atoms with Crippen molar-refractivity contribution in [3.05, 3.63) is 53.9 Å². The van der Waals surface area contributed by atoms with Gasteiger partial charge in [-0.1, -0.05) is 0 Å². The van der Waals surface area contributed by atoms with Gasteiger partial charge < -0.3 is 8.83 Å². The molecule has 3 heteroatoms. The van der Waals surface area contributed by atoms with Crippen LogP contribution in [0.4, 0.5) is 0 Å². The first-order valence-electron chi connectivity index (χ1n) is 4.58. The molecule has 0 radical (unpaired) electrons. The fraction of sp³-hybridized carbons (Fsp3) is 0.0833. The molecule has 0 amide bonds. The fourth-order valence-electron chi connectivity index (χ4n) is 1.20. The van der Waals surface area contributed by atoms with E-state index in [1.54, 1.807) is 24.3 Å². The molecule has 0 aliphatic rings. The maximum absolute atomic E-state index is 11.5. The average molecular weight is 202 g/mol. The summed E-state index contributed by atoms with van der Waals surface area (Å²) in [5.74, 6) is 1.64. The van der Waals surface area contributed by atoms with Crippen molar-refractivity contribution < 1.29 is 13.6 Å². The highest BCUT2D eigenvalue weighted by molar-refractivity contribution is 6.04. The van der Waals surface area contributed by atoms with Gasteiger partial charge in [0.05, 0.1) is 6.26 Å². The van der Waals surface area contributed by atoms with Gasteiger partial charge in [-0.2, -0.15) is 0 Å². The molecule has 0 fully saturated rings. The molecule has 0 aliphatic carbocycles. The minimum absolute atomic E-state index is 0.172. The zero-order valence-electron chi connectivity index (χ0n) is 8.27. The number of furan rings is 2. The first kappa shape index (κ1) is 9.52. The summed E-state index contributed by atoms with van der Waals surface area (Å²) >= 11 is 0. The van der Waals surface area contributed by atoms with Crippen molar-refractivity contribution in [3.63, 3.8) is 0 Å². The van der Waals surface area contributed by atoms with Crippen molar-refractivity contribution in [2.45, 2.75) is 6.92 Å². The second-order valence-corrected chi connectivity index (χ2v) is 3.12. The van der Waals surface area contributed by atoms with E-state index in [4.69, 9.17) is 8.83 Å². The van der Waals surface area contributed by atoms with Gasteiger partial charge in [-0.05, 0) is 43.3 Å². The van der Waals surface area contributed by atoms with Crippen LogP contribution in [0.1, 0.15) is 22.1 Å². The number of hydrogen-bond donors (Lipinski definition) is 0. The van der Waals surface area contributed by atoms with E-state index in [1.165, 1.54) is 12.3 Å². The Morgan fingerprint density at radius 3 is 2.80 bits per heavy atom. The second kappa shape index (κ2) is 4.00. The molecule has 2 aromatic heterocycles. The summed E-state index contributed by atoms with van der Waals surface area (Å²) in [6, 6.07) is 6.95. The van der Waals surface area contributed by atoms with E-state index in [0.29, 0.717) is 11.5 Å². The van der Waals surface area contributed by atoms with Crippen molar-refractivity contribution in [1.82, 2.24) is 0 Å². The van der Waals surface area contributed by atoms with Gasteiger partial charge in [0.15, 0.2) is 5.76 Å². The Morgan fingerprint density at radius 1 is 1.33 bits per heavy atom. The molecular weight excluding hydrogens is 192 g/mol. The van der Waals surface area contributed by atoms with E-state index in [-0.39, 0.29) is 5.78 Å². The molecule has 0 unspecified atom stereocenters. The zero-order chi connectivity index (χ0) is 10.7. The van der Waals surface area contributed by atoms with Gasteiger partial charge >= 0.3 is 0 Å². The predicted molar refractivity (Wildman–Crippen MR) is 55.5 cm³/mol. The first-order valence-corrected chi connectivity index (χ1v) is 4.58. The molecule has 15 heavy (non-hydrogen) atoms. The van der Waals surface area contributed by atoms with Crippen LogP contribution in [-0.2, 0) is 0 Å². The summed E-state index contributed by atoms with van der Waals surface area (Å²) in [6.07, 6.45) is 4.52. The van der Waals surface area contributed by atoms with Gasteiger partial charge in [0.25, 0.3) is 0 Å². The van der Waals surface area contributed by atoms with Gasteiger partial charge in [-0.3, -0.25) is 4.79 Å². The van der Waals surface area contributed by atoms with E-state index < -0.39 is 0 Å². The highest BCUT2D eigenvalue weighted by atomic mass is 16.3. The molecular formula is C12H10O3. The maximum atomic E-state index is 11.5. The number of aryl methyl sites for hydroxylation is 1. The summed E-state index contributed by atoms with van der Waals surface area (Å²) in [5.41, 5.74) is 0. The van der Waals surface area contributed by atoms with Crippen molar-refractivity contribution in [2.24, 2.45) is 0 Å². The van der Waals surface area contributed by atoms with E-state index in [2.05, 4.69) is 0 Å². The lowest BCUT2D eigenvalue weighted by molar-refractivity contribution is 0.102. The molecule has 3 nitrogen and oxygen atoms in total. The van der Waals surface area contributed by atoms with E-state index in [9.17, 15) is 4.79 Å². The largest absolute Gasteiger partial charge is 0.462 e. The van der Waals surface area contributed by atoms with Gasteiger partial charge in [0, 0.05) is 0 Å². The third-order valence-corrected chi connectivity index (χ3v) is 1.92. The molecule has 0 aliphatic heterocycles. The third-order valence-electron chi connectivity index (χ3n) is 1.92. The summed E-state index contributed by atoms with van der Waals surface area (Å²) in [6.45, 7) is 1.85. The number of allylic oxidation sites excluding steroid dienone is 1. The lowest BCUT2D eigenvalue weighted by Crippen LogP contribution is -1.89. The van der Waals surface area contributed by atoms with Gasteiger partial charge in [-0.25, -0.2) is 0 Å². The van der Waals surface area contributed by atoms with Crippen molar-refractivity contribution >= 4 is 11.9 Å². The van der Waals surface area contributed by atoms with Crippen molar-refractivity contribution in [2.75, 3.05) is 0 Å². The molecule has 2 aromatic rings. The van der Waals surface area contributed by atoms with E-state index >= 15 is 0 Å². The number of carbonyl (C=O) groups is 1. The normalized spacial score (nSPS) is 11.0. The highest BCUT2D eigenvalue weighted by Gasteiger charge is 2.03. The SMILES string of the molecule is Cc1ccc(/C=C/C(=O)c2ccco2)o1. The molecule has 0 N–H and O–H groups in total. The van der Waals surface area contributed by atoms with Crippen LogP contribution < -0.4 is 0 Å². The molecule has 0 spiro atoms. The van der Waals surface area contributed by atoms with Gasteiger partial charge in [-0.15, -0.1) is 0 Å². The van der Waals surface area contributed by atoms with E-state index in [0.717, 1.165) is 5.76 Å². The Balaban J connectivity index is 2.09. The van der Waals surface area contributed by atoms with Gasteiger partial charge in [0.1, 0.15) is 11.5 Å².